The van der Waals surface area contributed by atoms with E-state index in [1.165, 1.54) is 11.0 Å². The molecule has 4 nitrogen and oxygen atoms in total. The molecular weight excluding hydrogens is 247 g/mol. The van der Waals surface area contributed by atoms with Crippen LogP contribution in [0.4, 0.5) is 4.39 Å². The molecule has 0 radical (unpaired) electrons. The van der Waals surface area contributed by atoms with Crippen molar-refractivity contribution in [2.45, 2.75) is 24.9 Å². The van der Waals surface area contributed by atoms with E-state index in [9.17, 15) is 9.18 Å². The van der Waals surface area contributed by atoms with Gasteiger partial charge in [0, 0.05) is 19.2 Å². The lowest BCUT2D eigenvalue weighted by Gasteiger charge is -2.32. The van der Waals surface area contributed by atoms with Crippen LogP contribution < -0.4 is 5.73 Å². The Kier molecular flexibility index (Phi) is 3.87. The third-order valence-electron chi connectivity index (χ3n) is 3.73. The summed E-state index contributed by atoms with van der Waals surface area (Å²) >= 11 is 0. The zero-order valence-electron chi connectivity index (χ0n) is 11.2. The first-order chi connectivity index (χ1) is 8.96. The van der Waals surface area contributed by atoms with E-state index in [2.05, 4.69) is 0 Å². The molecule has 0 aromatic heterocycles. The summed E-state index contributed by atoms with van der Waals surface area (Å²) in [6.45, 7) is 2.50. The average molecular weight is 266 g/mol. The zero-order valence-corrected chi connectivity index (χ0v) is 11.2. The Labute approximate surface area is 112 Å². The second kappa shape index (κ2) is 5.27. The second-order valence-electron chi connectivity index (χ2n) is 5.07. The van der Waals surface area contributed by atoms with Gasteiger partial charge in [0.2, 0.25) is 5.91 Å². The maximum Gasteiger partial charge on any atom is 0.245 e. The van der Waals surface area contributed by atoms with Gasteiger partial charge >= 0.3 is 0 Å². The van der Waals surface area contributed by atoms with Crippen LogP contribution in [0.5, 0.6) is 0 Å². The number of rotatable bonds is 3. The SMILES string of the molecule is CC(c1ccccc1F)N(C)C(=O)C1(N)CCOC1. The van der Waals surface area contributed by atoms with Gasteiger partial charge < -0.3 is 15.4 Å². The molecule has 0 spiro atoms. The molecule has 1 fully saturated rings. The van der Waals surface area contributed by atoms with Crippen LogP contribution >= 0.6 is 0 Å². The first-order valence-electron chi connectivity index (χ1n) is 6.34. The summed E-state index contributed by atoms with van der Waals surface area (Å²) in [6, 6.07) is 6.08. The van der Waals surface area contributed by atoms with Crippen molar-refractivity contribution in [2.24, 2.45) is 5.73 Å². The Morgan fingerprint density at radius 3 is 2.79 bits per heavy atom. The minimum atomic E-state index is -0.978. The Balaban J connectivity index is 2.17. The van der Waals surface area contributed by atoms with Gasteiger partial charge in [-0.1, -0.05) is 18.2 Å². The van der Waals surface area contributed by atoms with Crippen LogP contribution in [0.1, 0.15) is 24.9 Å². The van der Waals surface area contributed by atoms with Gasteiger partial charge in [-0.2, -0.15) is 0 Å². The molecule has 1 amide bonds. The van der Waals surface area contributed by atoms with Gasteiger partial charge in [-0.25, -0.2) is 4.39 Å². The fourth-order valence-corrected chi connectivity index (χ4v) is 2.30. The Hall–Kier alpha value is -1.46. The molecule has 104 valence electrons. The van der Waals surface area contributed by atoms with E-state index in [0.717, 1.165) is 0 Å². The monoisotopic (exact) mass is 266 g/mol. The van der Waals surface area contributed by atoms with Crippen LogP contribution in [0.2, 0.25) is 0 Å². The summed E-state index contributed by atoms with van der Waals surface area (Å²) in [5.74, 6) is -0.524. The van der Waals surface area contributed by atoms with Crippen LogP contribution in [0.25, 0.3) is 0 Å². The van der Waals surface area contributed by atoms with Crippen molar-refractivity contribution < 1.29 is 13.9 Å². The summed E-state index contributed by atoms with van der Waals surface area (Å²) < 4.78 is 18.9. The number of hydrogen-bond acceptors (Lipinski definition) is 3. The van der Waals surface area contributed by atoms with Crippen LogP contribution in [-0.2, 0) is 9.53 Å². The van der Waals surface area contributed by atoms with Gasteiger partial charge in [0.15, 0.2) is 0 Å². The molecule has 0 saturated carbocycles. The van der Waals surface area contributed by atoms with Gasteiger partial charge in [-0.05, 0) is 19.4 Å². The average Bonchev–Trinajstić information content (AvgIpc) is 2.85. The molecule has 2 rings (SSSR count). The van der Waals surface area contributed by atoms with Gasteiger partial charge in [-0.3, -0.25) is 4.79 Å². The van der Waals surface area contributed by atoms with E-state index in [4.69, 9.17) is 10.5 Å². The molecule has 1 aliphatic rings. The Morgan fingerprint density at radius 2 is 2.21 bits per heavy atom. The largest absolute Gasteiger partial charge is 0.379 e. The van der Waals surface area contributed by atoms with Crippen molar-refractivity contribution >= 4 is 5.91 Å². The number of ether oxygens (including phenoxy) is 1. The lowest BCUT2D eigenvalue weighted by molar-refractivity contribution is -0.137. The van der Waals surface area contributed by atoms with Crippen molar-refractivity contribution in [3.63, 3.8) is 0 Å². The van der Waals surface area contributed by atoms with E-state index >= 15 is 0 Å². The first kappa shape index (κ1) is 14.0. The fraction of sp³-hybridized carbons (Fsp3) is 0.500. The zero-order chi connectivity index (χ0) is 14.0. The fourth-order valence-electron chi connectivity index (χ4n) is 2.30. The highest BCUT2D eigenvalue weighted by atomic mass is 19.1. The number of carbonyl (C=O) groups excluding carboxylic acids is 1. The van der Waals surface area contributed by atoms with Crippen molar-refractivity contribution in [1.82, 2.24) is 4.90 Å². The lowest BCUT2D eigenvalue weighted by atomic mass is 9.96. The standard InChI is InChI=1S/C14H19FN2O2/c1-10(11-5-3-4-6-12(11)15)17(2)13(18)14(16)7-8-19-9-14/h3-6,10H,7-9,16H2,1-2H3. The molecule has 0 aliphatic carbocycles. The number of likely N-dealkylation sites (N-methyl/N-ethyl adjacent to an activating group) is 1. The summed E-state index contributed by atoms with van der Waals surface area (Å²) in [5.41, 5.74) is 5.56. The van der Waals surface area contributed by atoms with Crippen LogP contribution in [-0.4, -0.2) is 36.6 Å². The normalized spacial score (nSPS) is 24.2. The molecule has 2 unspecified atom stereocenters. The minimum absolute atomic E-state index is 0.208. The van der Waals surface area contributed by atoms with Crippen molar-refractivity contribution in [3.8, 4) is 0 Å². The topological polar surface area (TPSA) is 55.6 Å². The number of benzene rings is 1. The van der Waals surface area contributed by atoms with Gasteiger partial charge in [0.25, 0.3) is 0 Å². The van der Waals surface area contributed by atoms with Crippen LogP contribution in [0.3, 0.4) is 0 Å². The maximum absolute atomic E-state index is 13.7. The lowest BCUT2D eigenvalue weighted by Crippen LogP contribution is -2.55. The predicted molar refractivity (Wildman–Crippen MR) is 69.9 cm³/mol. The minimum Gasteiger partial charge on any atom is -0.379 e. The number of hydrogen-bond donors (Lipinski definition) is 1. The highest BCUT2D eigenvalue weighted by Gasteiger charge is 2.41. The molecule has 2 atom stereocenters. The van der Waals surface area contributed by atoms with E-state index < -0.39 is 5.54 Å². The summed E-state index contributed by atoms with van der Waals surface area (Å²) in [7, 11) is 1.65. The maximum atomic E-state index is 13.7. The van der Waals surface area contributed by atoms with Gasteiger partial charge in [-0.15, -0.1) is 0 Å². The molecule has 5 heteroatoms. The summed E-state index contributed by atoms with van der Waals surface area (Å²) in [5, 5.41) is 0. The van der Waals surface area contributed by atoms with Crippen molar-refractivity contribution in [3.05, 3.63) is 35.6 Å². The summed E-state index contributed by atoms with van der Waals surface area (Å²) in [6.07, 6.45) is 0.500. The second-order valence-corrected chi connectivity index (χ2v) is 5.07. The predicted octanol–water partition coefficient (Wildman–Crippen LogP) is 1.46. The van der Waals surface area contributed by atoms with Gasteiger partial charge in [0.1, 0.15) is 11.4 Å². The van der Waals surface area contributed by atoms with Crippen molar-refractivity contribution in [1.29, 1.82) is 0 Å². The smallest absolute Gasteiger partial charge is 0.245 e. The van der Waals surface area contributed by atoms with E-state index in [1.807, 2.05) is 0 Å². The third-order valence-corrected chi connectivity index (χ3v) is 3.73. The molecule has 1 aromatic rings. The third kappa shape index (κ3) is 2.62. The number of nitrogens with zero attached hydrogens (tertiary/aromatic N) is 1. The Morgan fingerprint density at radius 1 is 1.53 bits per heavy atom. The number of halogens is 1. The molecule has 19 heavy (non-hydrogen) atoms. The summed E-state index contributed by atoms with van der Waals surface area (Å²) in [4.78, 5) is 13.9. The molecule has 2 N–H and O–H groups in total. The molecule has 0 bridgehead atoms. The quantitative estimate of drug-likeness (QED) is 0.901. The molecule has 1 saturated heterocycles. The highest BCUT2D eigenvalue weighted by molar-refractivity contribution is 5.86. The highest BCUT2D eigenvalue weighted by Crippen LogP contribution is 2.26. The number of amides is 1. The van der Waals surface area contributed by atoms with E-state index in [0.29, 0.717) is 18.6 Å². The van der Waals surface area contributed by atoms with E-state index in [-0.39, 0.29) is 24.4 Å². The molecule has 1 aliphatic heterocycles. The number of carbonyl (C=O) groups is 1. The van der Waals surface area contributed by atoms with Crippen LogP contribution in [0, 0.1) is 5.82 Å². The van der Waals surface area contributed by atoms with E-state index in [1.54, 1.807) is 32.2 Å². The molecular formula is C14H19FN2O2. The first-order valence-corrected chi connectivity index (χ1v) is 6.34. The molecule has 1 heterocycles. The number of nitrogens with two attached hydrogens (primary N) is 1. The van der Waals surface area contributed by atoms with Crippen LogP contribution in [0.15, 0.2) is 24.3 Å². The molecule has 1 aromatic carbocycles. The Bertz CT molecular complexity index is 472. The van der Waals surface area contributed by atoms with Gasteiger partial charge in [0.05, 0.1) is 12.6 Å². The van der Waals surface area contributed by atoms with Crippen molar-refractivity contribution in [2.75, 3.05) is 20.3 Å².